The van der Waals surface area contributed by atoms with Crippen molar-refractivity contribution in [3.8, 4) is 0 Å². The molecule has 2 rings (SSSR count). The van der Waals surface area contributed by atoms with E-state index in [1.165, 1.54) is 17.4 Å². The van der Waals surface area contributed by atoms with Gasteiger partial charge in [-0.3, -0.25) is 10.1 Å². The van der Waals surface area contributed by atoms with Gasteiger partial charge in [0.15, 0.2) is 0 Å². The highest BCUT2D eigenvalue weighted by molar-refractivity contribution is 7.99. The highest BCUT2D eigenvalue weighted by Crippen LogP contribution is 2.29. The number of hydrogen-bond acceptors (Lipinski definition) is 6. The third kappa shape index (κ3) is 5.75. The van der Waals surface area contributed by atoms with Crippen molar-refractivity contribution in [1.82, 2.24) is 15.2 Å². The molecule has 130 valence electrons. The largest absolute Gasteiger partial charge is 0.417 e. The van der Waals surface area contributed by atoms with Gasteiger partial charge in [-0.2, -0.15) is 13.2 Å². The minimum atomic E-state index is -4.42. The second-order valence-corrected chi connectivity index (χ2v) is 7.38. The molecule has 0 aliphatic rings. The van der Waals surface area contributed by atoms with Gasteiger partial charge in [-0.15, -0.1) is 10.2 Å². The number of thioether (sulfide) groups is 1. The molecule has 0 aromatic carbocycles. The van der Waals surface area contributed by atoms with Crippen LogP contribution in [-0.4, -0.2) is 26.8 Å². The Hall–Kier alpha value is -1.68. The lowest BCUT2D eigenvalue weighted by Crippen LogP contribution is -2.14. The summed E-state index contributed by atoms with van der Waals surface area (Å²) in [4.78, 5) is 15.5. The van der Waals surface area contributed by atoms with Crippen LogP contribution in [-0.2, 0) is 17.4 Å². The van der Waals surface area contributed by atoms with E-state index in [1.54, 1.807) is 0 Å². The van der Waals surface area contributed by atoms with Crippen molar-refractivity contribution in [2.75, 3.05) is 11.1 Å². The first-order chi connectivity index (χ1) is 11.2. The average Bonchev–Trinajstić information content (AvgIpc) is 2.91. The van der Waals surface area contributed by atoms with Gasteiger partial charge in [-0.05, 0) is 18.1 Å². The van der Waals surface area contributed by atoms with Gasteiger partial charge in [0, 0.05) is 12.6 Å². The average molecular weight is 376 g/mol. The van der Waals surface area contributed by atoms with E-state index in [0.717, 1.165) is 35.5 Å². The molecule has 2 aromatic heterocycles. The standard InChI is InChI=1S/C14H15F3N4OS2/c1-8(2)5-12-20-21-13(24-12)19-10(22)7-23-11-4-3-9(6-18-11)14(15,16)17/h3-4,6,8H,5,7H2,1-2H3,(H,19,21,22). The molecular formula is C14H15F3N4OS2. The molecule has 0 aliphatic carbocycles. The van der Waals surface area contributed by atoms with Gasteiger partial charge in [-0.1, -0.05) is 36.9 Å². The second-order valence-electron chi connectivity index (χ2n) is 5.32. The zero-order valence-electron chi connectivity index (χ0n) is 12.9. The number of amides is 1. The number of nitrogens with zero attached hydrogens (tertiary/aromatic N) is 3. The minimum Gasteiger partial charge on any atom is -0.300 e. The van der Waals surface area contributed by atoms with E-state index in [1.807, 2.05) is 0 Å². The van der Waals surface area contributed by atoms with Crippen molar-refractivity contribution in [2.24, 2.45) is 5.92 Å². The molecule has 0 unspecified atom stereocenters. The molecule has 0 spiro atoms. The maximum Gasteiger partial charge on any atom is 0.417 e. The monoisotopic (exact) mass is 376 g/mol. The van der Waals surface area contributed by atoms with Crippen LogP contribution >= 0.6 is 23.1 Å². The third-order valence-electron chi connectivity index (χ3n) is 2.71. The molecule has 0 atom stereocenters. The van der Waals surface area contributed by atoms with Gasteiger partial charge in [0.05, 0.1) is 16.3 Å². The number of nitrogens with one attached hydrogen (secondary N) is 1. The van der Waals surface area contributed by atoms with E-state index in [0.29, 0.717) is 16.1 Å². The SMILES string of the molecule is CC(C)Cc1nnc(NC(=O)CSc2ccc(C(F)(F)F)cn2)s1. The number of rotatable bonds is 6. The molecule has 5 nitrogen and oxygen atoms in total. The maximum atomic E-state index is 12.4. The maximum absolute atomic E-state index is 12.4. The predicted molar refractivity (Wildman–Crippen MR) is 87.0 cm³/mol. The first kappa shape index (κ1) is 18.7. The number of alkyl halides is 3. The van der Waals surface area contributed by atoms with E-state index in [2.05, 4.69) is 34.3 Å². The second kappa shape index (κ2) is 7.93. The van der Waals surface area contributed by atoms with Gasteiger partial charge < -0.3 is 0 Å². The molecule has 0 saturated heterocycles. The van der Waals surface area contributed by atoms with Gasteiger partial charge in [0.2, 0.25) is 11.0 Å². The Morgan fingerprint density at radius 3 is 2.67 bits per heavy atom. The molecule has 0 radical (unpaired) electrons. The van der Waals surface area contributed by atoms with Crippen molar-refractivity contribution in [3.05, 3.63) is 28.9 Å². The lowest BCUT2D eigenvalue weighted by molar-refractivity contribution is -0.137. The number of carbonyl (C=O) groups is 1. The molecule has 10 heteroatoms. The molecule has 0 bridgehead atoms. The molecule has 1 N–H and O–H groups in total. The van der Waals surface area contributed by atoms with Crippen LogP contribution in [0.25, 0.3) is 0 Å². The Bertz CT molecular complexity index is 686. The quantitative estimate of drug-likeness (QED) is 0.775. The third-order valence-corrected chi connectivity index (χ3v) is 4.52. The van der Waals surface area contributed by atoms with Gasteiger partial charge in [0.1, 0.15) is 5.01 Å². The van der Waals surface area contributed by atoms with E-state index in [-0.39, 0.29) is 11.7 Å². The van der Waals surface area contributed by atoms with Crippen molar-refractivity contribution in [3.63, 3.8) is 0 Å². The van der Waals surface area contributed by atoms with Gasteiger partial charge in [-0.25, -0.2) is 4.98 Å². The number of carbonyl (C=O) groups excluding carboxylic acids is 1. The Labute approximate surface area is 145 Å². The smallest absolute Gasteiger partial charge is 0.300 e. The molecule has 0 fully saturated rings. The van der Waals surface area contributed by atoms with Crippen molar-refractivity contribution in [1.29, 1.82) is 0 Å². The van der Waals surface area contributed by atoms with Crippen molar-refractivity contribution < 1.29 is 18.0 Å². The normalized spacial score (nSPS) is 11.8. The Balaban J connectivity index is 1.83. The highest BCUT2D eigenvalue weighted by atomic mass is 32.2. The summed E-state index contributed by atoms with van der Waals surface area (Å²) in [5.74, 6) is 0.161. The van der Waals surface area contributed by atoms with E-state index in [4.69, 9.17) is 0 Å². The van der Waals surface area contributed by atoms with Crippen LogP contribution < -0.4 is 5.32 Å². The van der Waals surface area contributed by atoms with Crippen LogP contribution in [0.4, 0.5) is 18.3 Å². The number of aromatic nitrogens is 3. The minimum absolute atomic E-state index is 0.0253. The molecule has 0 saturated carbocycles. The molecular weight excluding hydrogens is 361 g/mol. The number of halogens is 3. The fourth-order valence-corrected chi connectivity index (χ4v) is 3.27. The first-order valence-electron chi connectivity index (χ1n) is 7.02. The van der Waals surface area contributed by atoms with Crippen LogP contribution in [0, 0.1) is 5.92 Å². The Kier molecular flexibility index (Phi) is 6.16. The zero-order valence-corrected chi connectivity index (χ0v) is 14.6. The summed E-state index contributed by atoms with van der Waals surface area (Å²) in [5, 5.41) is 12.1. The lowest BCUT2D eigenvalue weighted by Gasteiger charge is -2.06. The van der Waals surface area contributed by atoms with Gasteiger partial charge in [0.25, 0.3) is 0 Å². The van der Waals surface area contributed by atoms with Crippen LogP contribution in [0.2, 0.25) is 0 Å². The van der Waals surface area contributed by atoms with Crippen LogP contribution in [0.5, 0.6) is 0 Å². The molecule has 1 amide bonds. The molecule has 24 heavy (non-hydrogen) atoms. The van der Waals surface area contributed by atoms with Crippen LogP contribution in [0.3, 0.4) is 0 Å². The van der Waals surface area contributed by atoms with E-state index >= 15 is 0 Å². The Morgan fingerprint density at radius 2 is 2.08 bits per heavy atom. The summed E-state index contributed by atoms with van der Waals surface area (Å²) in [6.45, 7) is 4.13. The first-order valence-corrected chi connectivity index (χ1v) is 8.82. The fourth-order valence-electron chi connectivity index (χ4n) is 1.66. The fraction of sp³-hybridized carbons (Fsp3) is 0.429. The summed E-state index contributed by atoms with van der Waals surface area (Å²) in [7, 11) is 0. The molecule has 0 aliphatic heterocycles. The molecule has 2 aromatic rings. The number of anilines is 1. The van der Waals surface area contributed by atoms with Crippen molar-refractivity contribution >= 4 is 34.1 Å². The topological polar surface area (TPSA) is 67.8 Å². The summed E-state index contributed by atoms with van der Waals surface area (Å²) in [6, 6.07) is 2.18. The predicted octanol–water partition coefficient (Wildman–Crippen LogP) is 3.88. The Morgan fingerprint density at radius 1 is 1.33 bits per heavy atom. The lowest BCUT2D eigenvalue weighted by atomic mass is 10.1. The summed E-state index contributed by atoms with van der Waals surface area (Å²) in [6.07, 6.45) is -2.87. The van der Waals surface area contributed by atoms with Gasteiger partial charge >= 0.3 is 6.18 Å². The zero-order chi connectivity index (χ0) is 17.7. The van der Waals surface area contributed by atoms with Crippen LogP contribution in [0.1, 0.15) is 24.4 Å². The highest BCUT2D eigenvalue weighted by Gasteiger charge is 2.30. The molecule has 2 heterocycles. The number of hydrogen-bond donors (Lipinski definition) is 1. The summed E-state index contributed by atoms with van der Waals surface area (Å²) < 4.78 is 37.3. The number of pyridine rings is 1. The summed E-state index contributed by atoms with van der Waals surface area (Å²) >= 11 is 2.36. The van der Waals surface area contributed by atoms with Crippen molar-refractivity contribution in [2.45, 2.75) is 31.5 Å². The van der Waals surface area contributed by atoms with E-state index < -0.39 is 11.7 Å². The van der Waals surface area contributed by atoms with Crippen LogP contribution in [0.15, 0.2) is 23.4 Å². The summed E-state index contributed by atoms with van der Waals surface area (Å²) in [5.41, 5.74) is -0.817. The van der Waals surface area contributed by atoms with E-state index in [9.17, 15) is 18.0 Å².